The van der Waals surface area contributed by atoms with Crippen LogP contribution in [-0.4, -0.2) is 175 Å². The summed E-state index contributed by atoms with van der Waals surface area (Å²) in [5.41, 5.74) is 5.17. The number of nitrogens with zero attached hydrogens (tertiary/aromatic N) is 10. The maximum Gasteiger partial charge on any atom is 0.291 e. The molecule has 18 nitrogen and oxygen atoms in total. The Balaban J connectivity index is -0.000000727. The molecule has 2 N–H and O–H groups in total. The molecule has 0 aromatic carbocycles. The molecule has 0 saturated heterocycles. The van der Waals surface area contributed by atoms with Crippen LogP contribution in [0.2, 0.25) is 0 Å². The average molecular weight is 621 g/mol. The van der Waals surface area contributed by atoms with Crippen LogP contribution in [0.5, 0.6) is 0 Å². The molecule has 0 aromatic rings. The predicted octanol–water partition coefficient (Wildman–Crippen LogP) is -5.16. The Labute approximate surface area is 257 Å². The molecule has 0 aromatic heterocycles. The van der Waals surface area contributed by atoms with E-state index in [1.165, 1.54) is 23.9 Å². The highest BCUT2D eigenvalue weighted by molar-refractivity contribution is 5.77. The zero-order valence-corrected chi connectivity index (χ0v) is 27.8. The monoisotopic (exact) mass is 620 g/mol. The number of hydrogen-bond acceptors (Lipinski definition) is 12. The lowest BCUT2D eigenvalue weighted by Crippen LogP contribution is -2.50. The van der Waals surface area contributed by atoms with E-state index in [4.69, 9.17) is 0 Å². The van der Waals surface area contributed by atoms with E-state index >= 15 is 0 Å². The van der Waals surface area contributed by atoms with Crippen molar-refractivity contribution < 1.29 is 48.4 Å². The smallest absolute Gasteiger partial charge is 0.291 e. The predicted molar refractivity (Wildman–Crippen MR) is 159 cm³/mol. The fourth-order valence-corrected chi connectivity index (χ4v) is 3.51. The Kier molecular flexibility index (Phi) is 18.7. The van der Waals surface area contributed by atoms with Crippen molar-refractivity contribution in [2.45, 2.75) is 21.3 Å². The van der Waals surface area contributed by atoms with Crippen LogP contribution in [0.25, 0.3) is 0 Å². The van der Waals surface area contributed by atoms with Crippen LogP contribution in [-0.2, 0) is 9.59 Å². The molecule has 0 atom stereocenters. The van der Waals surface area contributed by atoms with Crippen LogP contribution < -0.4 is 31.3 Å². The van der Waals surface area contributed by atoms with E-state index in [9.17, 15) is 30.0 Å². The maximum atomic E-state index is 11.9. The zero-order chi connectivity index (χ0) is 33.7. The van der Waals surface area contributed by atoms with Gasteiger partial charge in [0, 0.05) is 40.0 Å². The third kappa shape index (κ3) is 26.0. The van der Waals surface area contributed by atoms with E-state index in [-0.39, 0.29) is 75.6 Å². The molecule has 2 amide bonds. The van der Waals surface area contributed by atoms with Gasteiger partial charge in [0.2, 0.25) is 0 Å². The highest BCUT2D eigenvalue weighted by Crippen LogP contribution is 2.03. The van der Waals surface area contributed by atoms with E-state index in [0.717, 1.165) is 0 Å². The van der Waals surface area contributed by atoms with E-state index < -0.39 is 11.8 Å². The van der Waals surface area contributed by atoms with Crippen molar-refractivity contribution in [3.05, 3.63) is 0 Å². The molecule has 0 aliphatic carbocycles. The van der Waals surface area contributed by atoms with Crippen molar-refractivity contribution in [3.63, 3.8) is 0 Å². The third-order valence-electron chi connectivity index (χ3n) is 4.39. The van der Waals surface area contributed by atoms with Crippen molar-refractivity contribution >= 4 is 35.4 Å². The van der Waals surface area contributed by atoms with Crippen molar-refractivity contribution in [2.75, 3.05) is 111 Å². The summed E-state index contributed by atoms with van der Waals surface area (Å²) in [6.07, 6.45) is 0. The van der Waals surface area contributed by atoms with E-state index in [2.05, 4.69) is 31.3 Å². The number of nitrogens with one attached hydrogen (secondary N) is 2. The zero-order valence-electron chi connectivity index (χ0n) is 27.8. The van der Waals surface area contributed by atoms with E-state index in [0.29, 0.717) is 0 Å². The number of rotatable bonds is 14. The Morgan fingerprint density at radius 1 is 0.535 bits per heavy atom. The number of likely N-dealkylation sites (N-methyl/N-ethyl adjacent to an activating group) is 4. The number of hydrazine groups is 2. The summed E-state index contributed by atoms with van der Waals surface area (Å²) in [5.74, 6) is -2.05. The molecule has 18 heteroatoms. The van der Waals surface area contributed by atoms with Gasteiger partial charge in [0.25, 0.3) is 11.8 Å². The van der Waals surface area contributed by atoms with Gasteiger partial charge in [0.15, 0.2) is 13.1 Å². The minimum absolute atomic E-state index is 0. The third-order valence-corrected chi connectivity index (χ3v) is 4.39. The van der Waals surface area contributed by atoms with Gasteiger partial charge < -0.3 is 20.4 Å². The second-order valence-corrected chi connectivity index (χ2v) is 12.2. The molecule has 0 bridgehead atoms. The van der Waals surface area contributed by atoms with Gasteiger partial charge in [0.1, 0.15) is 13.1 Å². The molecule has 0 radical (unpaired) electrons. The number of carbonyl (C=O) groups is 2. The van der Waals surface area contributed by atoms with Gasteiger partial charge in [0.05, 0.1) is 68.2 Å². The Morgan fingerprint density at radius 2 is 0.767 bits per heavy atom. The van der Waals surface area contributed by atoms with Crippen molar-refractivity contribution in [1.82, 2.24) is 20.9 Å². The van der Waals surface area contributed by atoms with Crippen LogP contribution in [0.15, 0.2) is 20.4 Å². The molecule has 252 valence electrons. The molecular formula is C25H56N12O6. The molecule has 0 spiro atoms. The van der Waals surface area contributed by atoms with Gasteiger partial charge >= 0.3 is 0 Å². The second-order valence-electron chi connectivity index (χ2n) is 12.2. The highest BCUT2D eigenvalue weighted by atomic mass is 16.3. The summed E-state index contributed by atoms with van der Waals surface area (Å²) in [6.45, 7) is 2.62. The normalized spacial score (nSPS) is 14.1. The second kappa shape index (κ2) is 18.3. The molecule has 0 rings (SSSR count). The first-order chi connectivity index (χ1) is 18.7. The quantitative estimate of drug-likeness (QED) is 0.0829. The summed E-state index contributed by atoms with van der Waals surface area (Å²) in [5, 5.41) is 64.5. The van der Waals surface area contributed by atoms with Crippen LogP contribution in [0.3, 0.4) is 0 Å². The first-order valence-corrected chi connectivity index (χ1v) is 12.9. The summed E-state index contributed by atoms with van der Waals surface area (Å²) in [7, 11) is 19.9. The van der Waals surface area contributed by atoms with Gasteiger partial charge in [-0.05, 0) is 13.8 Å². The molecule has 0 fully saturated rings. The van der Waals surface area contributed by atoms with Crippen molar-refractivity contribution in [1.29, 1.82) is 0 Å². The summed E-state index contributed by atoms with van der Waals surface area (Å²) in [4.78, 5) is 23.3. The highest BCUT2D eigenvalue weighted by Gasteiger charge is 2.23. The van der Waals surface area contributed by atoms with E-state index in [1.54, 1.807) is 84.6 Å². The molecule has 0 aliphatic rings. The van der Waals surface area contributed by atoms with Crippen LogP contribution in [0, 0.1) is 0 Å². The van der Waals surface area contributed by atoms with Gasteiger partial charge in [-0.15, -0.1) is 10.2 Å². The first kappa shape index (κ1) is 44.0. The lowest BCUT2D eigenvalue weighted by atomic mass is 10.5. The lowest BCUT2D eigenvalue weighted by Gasteiger charge is -2.29. The average Bonchev–Trinajstić information content (AvgIpc) is 2.60. The fraction of sp³-hybridized carbons (Fsp3) is 0.760. The maximum absolute atomic E-state index is 11.9. The topological polar surface area (TPSA) is 206 Å². The largest absolute Gasteiger partial charge is 0.858 e. The van der Waals surface area contributed by atoms with Gasteiger partial charge in [-0.3, -0.25) is 20.4 Å². The standard InChI is InChI=1S/2C12H26N6O3.CH4/c2*1-10(19)14-17(4,5)9-12(21)15-18(6,7)8-11(20)13-16(2)3;/h2*8-9H2,1-7H3,(H-2,13,14,15,19,20,21);1H4. The Morgan fingerprint density at radius 3 is 0.977 bits per heavy atom. The fourth-order valence-electron chi connectivity index (χ4n) is 3.51. The van der Waals surface area contributed by atoms with Crippen LogP contribution in [0.1, 0.15) is 21.3 Å². The number of hydrogen-bond donors (Lipinski definition) is 2. The van der Waals surface area contributed by atoms with Gasteiger partial charge in [-0.25, -0.2) is 10.0 Å². The molecule has 43 heavy (non-hydrogen) atoms. The summed E-state index contributed by atoms with van der Waals surface area (Å²) < 4.78 is -0.500. The van der Waals surface area contributed by atoms with Gasteiger partial charge in [-0.1, -0.05) is 17.6 Å². The number of quaternary nitrogens is 4. The number of carbonyl (C=O) groups excluding carboxylic acids is 2. The molecule has 0 heterocycles. The Bertz CT molecular complexity index is 930. The summed E-state index contributed by atoms with van der Waals surface area (Å²) in [6, 6.07) is 0. The van der Waals surface area contributed by atoms with Crippen molar-refractivity contribution in [3.8, 4) is 0 Å². The molecule has 0 aliphatic heterocycles. The summed E-state index contributed by atoms with van der Waals surface area (Å²) >= 11 is 0. The first-order valence-electron chi connectivity index (χ1n) is 12.9. The van der Waals surface area contributed by atoms with Gasteiger partial charge in [-0.2, -0.15) is 18.4 Å². The Hall–Kier alpha value is -3.42. The number of amides is 2. The minimum Gasteiger partial charge on any atom is -0.858 e. The lowest BCUT2D eigenvalue weighted by molar-refractivity contribution is -0.900. The molecule has 0 saturated carbocycles. The van der Waals surface area contributed by atoms with Crippen LogP contribution >= 0.6 is 0 Å². The van der Waals surface area contributed by atoms with E-state index in [1.807, 2.05) is 0 Å². The SMILES string of the molecule is C.CC([O-])=N[N+](C)(C)CC([O-])=N[N+](C)(C)CC(=O)NN(C)C.CC([O-])=N[N+](C)(C)CC([O-])=N[N+](C)(C)CC(=O)NN(C)C. The minimum atomic E-state index is -0.423. The van der Waals surface area contributed by atoms with Crippen LogP contribution in [0.4, 0.5) is 0 Å². The molecule has 0 unspecified atom stereocenters. The molecular weight excluding hydrogens is 564 g/mol. The van der Waals surface area contributed by atoms with Crippen molar-refractivity contribution in [2.24, 2.45) is 20.4 Å².